The highest BCUT2D eigenvalue weighted by molar-refractivity contribution is 5.96. The summed E-state index contributed by atoms with van der Waals surface area (Å²) in [4.78, 5) is 11.6. The first-order chi connectivity index (χ1) is 7.72. The van der Waals surface area contributed by atoms with Gasteiger partial charge in [-0.1, -0.05) is 20.8 Å². The first-order valence-electron chi connectivity index (χ1n) is 6.01. The lowest BCUT2D eigenvalue weighted by Crippen LogP contribution is -2.02. The number of ether oxygens (including phenoxy) is 1. The minimum Gasteiger partial charge on any atom is -0.493 e. The number of Topliss-reactive ketones (excluding diaryl/α,β-unsaturated/α-hetero) is 1. The lowest BCUT2D eigenvalue weighted by atomic mass is 10.0. The molecule has 0 atom stereocenters. The molecule has 1 rings (SSSR count). The Kier molecular flexibility index (Phi) is 5.03. The van der Waals surface area contributed by atoms with Gasteiger partial charge in [-0.15, -0.1) is 0 Å². The van der Waals surface area contributed by atoms with Crippen molar-refractivity contribution in [2.24, 2.45) is 0 Å². The summed E-state index contributed by atoms with van der Waals surface area (Å²) >= 11 is 0. The third-order valence-electron chi connectivity index (χ3n) is 2.55. The molecule has 0 heterocycles. The van der Waals surface area contributed by atoms with Crippen LogP contribution in [0.1, 0.15) is 49.5 Å². The number of rotatable bonds is 6. The zero-order valence-corrected chi connectivity index (χ0v) is 10.4. The minimum atomic E-state index is 0.191. The van der Waals surface area contributed by atoms with Crippen molar-refractivity contribution in [1.29, 1.82) is 0 Å². The van der Waals surface area contributed by atoms with Gasteiger partial charge in [0.25, 0.3) is 0 Å². The quantitative estimate of drug-likeness (QED) is 0.684. The van der Waals surface area contributed by atoms with Crippen molar-refractivity contribution in [3.63, 3.8) is 0 Å². The smallest absolute Gasteiger partial charge is 0.162 e. The highest BCUT2D eigenvalue weighted by Crippen LogP contribution is 2.21. The summed E-state index contributed by atoms with van der Waals surface area (Å²) in [5, 5.41) is 0. The maximum atomic E-state index is 11.6. The molecule has 1 aromatic carbocycles. The van der Waals surface area contributed by atoms with E-state index in [1.165, 1.54) is 0 Å². The molecule has 0 bridgehead atoms. The van der Waals surface area contributed by atoms with Crippen molar-refractivity contribution in [3.05, 3.63) is 29.3 Å². The Balaban J connectivity index is 2.92. The van der Waals surface area contributed by atoms with Gasteiger partial charge in [0.2, 0.25) is 0 Å². The Morgan fingerprint density at radius 1 is 1.25 bits per heavy atom. The molecular weight excluding hydrogens is 200 g/mol. The highest BCUT2D eigenvalue weighted by atomic mass is 16.5. The Labute approximate surface area is 97.6 Å². The lowest BCUT2D eigenvalue weighted by Gasteiger charge is -2.10. The maximum absolute atomic E-state index is 11.6. The molecule has 0 radical (unpaired) electrons. The van der Waals surface area contributed by atoms with Crippen LogP contribution in [-0.4, -0.2) is 12.4 Å². The predicted octanol–water partition coefficient (Wildman–Crippen LogP) is 3.63. The molecule has 2 heteroatoms. The zero-order chi connectivity index (χ0) is 12.0. The topological polar surface area (TPSA) is 26.3 Å². The molecule has 0 aliphatic rings. The summed E-state index contributed by atoms with van der Waals surface area (Å²) in [5.74, 6) is 1.11. The van der Waals surface area contributed by atoms with Crippen molar-refractivity contribution in [2.45, 2.75) is 40.0 Å². The highest BCUT2D eigenvalue weighted by Gasteiger charge is 2.07. The van der Waals surface area contributed by atoms with Crippen LogP contribution in [0.5, 0.6) is 5.75 Å². The van der Waals surface area contributed by atoms with Gasteiger partial charge < -0.3 is 4.74 Å². The van der Waals surface area contributed by atoms with Crippen molar-refractivity contribution in [3.8, 4) is 5.75 Å². The van der Waals surface area contributed by atoms with Crippen LogP contribution in [0.25, 0.3) is 0 Å². The summed E-state index contributed by atoms with van der Waals surface area (Å²) in [6, 6.07) is 5.73. The van der Waals surface area contributed by atoms with E-state index in [-0.39, 0.29) is 5.78 Å². The van der Waals surface area contributed by atoms with Crippen molar-refractivity contribution < 1.29 is 9.53 Å². The molecular formula is C14H20O2. The van der Waals surface area contributed by atoms with E-state index in [9.17, 15) is 4.79 Å². The molecule has 0 aliphatic carbocycles. The summed E-state index contributed by atoms with van der Waals surface area (Å²) < 4.78 is 5.63. The molecule has 88 valence electrons. The first-order valence-corrected chi connectivity index (χ1v) is 6.01. The van der Waals surface area contributed by atoms with Crippen molar-refractivity contribution in [1.82, 2.24) is 0 Å². The molecule has 1 aromatic rings. The maximum Gasteiger partial charge on any atom is 0.162 e. The van der Waals surface area contributed by atoms with E-state index in [4.69, 9.17) is 4.74 Å². The second kappa shape index (κ2) is 6.31. The molecule has 16 heavy (non-hydrogen) atoms. The van der Waals surface area contributed by atoms with Crippen LogP contribution in [0.2, 0.25) is 0 Å². The number of aryl methyl sites for hydroxylation is 1. The number of carbonyl (C=O) groups excluding carboxylic acids is 1. The number of hydrogen-bond acceptors (Lipinski definition) is 2. The average molecular weight is 220 g/mol. The standard InChI is InChI=1S/C14H20O2/c1-4-9-16-14-8-7-12(13(15)6-3)10-11(14)5-2/h7-8,10H,4-6,9H2,1-3H3. The zero-order valence-electron chi connectivity index (χ0n) is 10.4. The monoisotopic (exact) mass is 220 g/mol. The van der Waals surface area contributed by atoms with Crippen LogP contribution in [-0.2, 0) is 6.42 Å². The minimum absolute atomic E-state index is 0.191. The first kappa shape index (κ1) is 12.8. The van der Waals surface area contributed by atoms with Gasteiger partial charge >= 0.3 is 0 Å². The van der Waals surface area contributed by atoms with Gasteiger partial charge in [-0.2, -0.15) is 0 Å². The van der Waals surface area contributed by atoms with Crippen LogP contribution in [0.4, 0.5) is 0 Å². The molecule has 0 aromatic heterocycles. The lowest BCUT2D eigenvalue weighted by molar-refractivity contribution is 0.0988. The normalized spacial score (nSPS) is 10.2. The molecule has 0 amide bonds. The molecule has 0 N–H and O–H groups in total. The van der Waals surface area contributed by atoms with Gasteiger partial charge in [0.1, 0.15) is 5.75 Å². The van der Waals surface area contributed by atoms with E-state index in [1.54, 1.807) is 0 Å². The molecule has 0 saturated carbocycles. The fourth-order valence-corrected chi connectivity index (χ4v) is 1.59. The molecule has 0 unspecified atom stereocenters. The molecule has 0 fully saturated rings. The van der Waals surface area contributed by atoms with Gasteiger partial charge in [0.15, 0.2) is 5.78 Å². The van der Waals surface area contributed by atoms with Crippen molar-refractivity contribution >= 4 is 5.78 Å². The summed E-state index contributed by atoms with van der Waals surface area (Å²) in [6.45, 7) is 6.78. The average Bonchev–Trinajstić information content (AvgIpc) is 2.35. The third-order valence-corrected chi connectivity index (χ3v) is 2.55. The fourth-order valence-electron chi connectivity index (χ4n) is 1.59. The van der Waals surface area contributed by atoms with Crippen LogP contribution in [0, 0.1) is 0 Å². The van der Waals surface area contributed by atoms with E-state index in [2.05, 4.69) is 13.8 Å². The van der Waals surface area contributed by atoms with E-state index in [0.29, 0.717) is 6.42 Å². The van der Waals surface area contributed by atoms with Crippen molar-refractivity contribution in [2.75, 3.05) is 6.61 Å². The van der Waals surface area contributed by atoms with Gasteiger partial charge in [-0.25, -0.2) is 0 Å². The van der Waals surface area contributed by atoms with Gasteiger partial charge in [0.05, 0.1) is 6.61 Å². The predicted molar refractivity (Wildman–Crippen MR) is 66.2 cm³/mol. The molecule has 2 nitrogen and oxygen atoms in total. The van der Waals surface area contributed by atoms with Crippen LogP contribution >= 0.6 is 0 Å². The number of ketones is 1. The van der Waals surface area contributed by atoms with Crippen LogP contribution < -0.4 is 4.74 Å². The second-order valence-corrected chi connectivity index (χ2v) is 3.80. The SMILES string of the molecule is CCCOc1ccc(C(=O)CC)cc1CC. The van der Waals surface area contributed by atoms with Gasteiger partial charge in [-0.3, -0.25) is 4.79 Å². The second-order valence-electron chi connectivity index (χ2n) is 3.80. The summed E-state index contributed by atoms with van der Waals surface area (Å²) in [7, 11) is 0. The van der Waals surface area contributed by atoms with E-state index in [0.717, 1.165) is 36.3 Å². The van der Waals surface area contributed by atoms with Gasteiger partial charge in [-0.05, 0) is 36.6 Å². The Bertz CT molecular complexity index is 356. The third kappa shape index (κ3) is 3.09. The molecule has 0 saturated heterocycles. The molecule has 0 aliphatic heterocycles. The number of benzene rings is 1. The van der Waals surface area contributed by atoms with Crippen LogP contribution in [0.15, 0.2) is 18.2 Å². The fraction of sp³-hybridized carbons (Fsp3) is 0.500. The largest absolute Gasteiger partial charge is 0.493 e. The van der Waals surface area contributed by atoms with E-state index in [1.807, 2.05) is 25.1 Å². The Morgan fingerprint density at radius 2 is 2.00 bits per heavy atom. The Hall–Kier alpha value is -1.31. The van der Waals surface area contributed by atoms with E-state index >= 15 is 0 Å². The Morgan fingerprint density at radius 3 is 2.56 bits per heavy atom. The number of hydrogen-bond donors (Lipinski definition) is 0. The van der Waals surface area contributed by atoms with E-state index < -0.39 is 0 Å². The number of carbonyl (C=O) groups is 1. The van der Waals surface area contributed by atoms with Crippen LogP contribution in [0.3, 0.4) is 0 Å². The molecule has 0 spiro atoms. The summed E-state index contributed by atoms with van der Waals surface area (Å²) in [5.41, 5.74) is 1.91. The van der Waals surface area contributed by atoms with Gasteiger partial charge in [0, 0.05) is 12.0 Å². The summed E-state index contributed by atoms with van der Waals surface area (Å²) in [6.07, 6.45) is 2.45.